The maximum absolute atomic E-state index is 10.7. The molecule has 3 rings (SSSR count). The third-order valence-electron chi connectivity index (χ3n) is 4.74. The van der Waals surface area contributed by atoms with Crippen molar-refractivity contribution >= 4 is 17.7 Å². The third kappa shape index (κ3) is 2.71. The van der Waals surface area contributed by atoms with Gasteiger partial charge in [0.05, 0.1) is 5.75 Å². The van der Waals surface area contributed by atoms with E-state index in [-0.39, 0.29) is 5.75 Å². The predicted molar refractivity (Wildman–Crippen MR) is 76.7 cm³/mol. The standard InChI is InChI=1S/C14H21N3O2S/c1-2-12-15-16-14(20-8-13(18)19)17(12)7-11-6-9-3-4-10(11)5-9/h9-11H,2-8H2,1H3,(H,18,19). The number of rotatable bonds is 6. The fraction of sp³-hybridized carbons (Fsp3) is 0.786. The fourth-order valence-electron chi connectivity index (χ4n) is 3.83. The van der Waals surface area contributed by atoms with Crippen molar-refractivity contribution in [3.05, 3.63) is 5.82 Å². The summed E-state index contributed by atoms with van der Waals surface area (Å²) in [5.41, 5.74) is 0. The lowest BCUT2D eigenvalue weighted by molar-refractivity contribution is -0.133. The first-order valence-corrected chi connectivity index (χ1v) is 8.42. The van der Waals surface area contributed by atoms with Gasteiger partial charge < -0.3 is 9.67 Å². The van der Waals surface area contributed by atoms with Crippen molar-refractivity contribution in [2.45, 2.75) is 50.7 Å². The second-order valence-electron chi connectivity index (χ2n) is 5.98. The largest absolute Gasteiger partial charge is 0.481 e. The summed E-state index contributed by atoms with van der Waals surface area (Å²) in [6, 6.07) is 0. The lowest BCUT2D eigenvalue weighted by Crippen LogP contribution is -2.19. The molecular formula is C14H21N3O2S. The van der Waals surface area contributed by atoms with Crippen LogP contribution in [0.3, 0.4) is 0 Å². The highest BCUT2D eigenvalue weighted by atomic mass is 32.2. The van der Waals surface area contributed by atoms with Crippen LogP contribution in [0.5, 0.6) is 0 Å². The average Bonchev–Trinajstić information content (AvgIpc) is 3.11. The first-order chi connectivity index (χ1) is 9.67. The van der Waals surface area contributed by atoms with Gasteiger partial charge in [-0.15, -0.1) is 10.2 Å². The molecule has 1 aromatic rings. The zero-order valence-electron chi connectivity index (χ0n) is 11.8. The fourth-order valence-corrected chi connectivity index (χ4v) is 4.52. The van der Waals surface area contributed by atoms with Crippen LogP contribution in [-0.4, -0.2) is 31.6 Å². The van der Waals surface area contributed by atoms with Gasteiger partial charge in [0.2, 0.25) is 0 Å². The van der Waals surface area contributed by atoms with Crippen LogP contribution in [0.1, 0.15) is 38.4 Å². The lowest BCUT2D eigenvalue weighted by atomic mass is 9.89. The number of carboxylic acids is 1. The molecule has 0 radical (unpaired) electrons. The smallest absolute Gasteiger partial charge is 0.313 e. The number of carboxylic acid groups (broad SMARTS) is 1. The minimum Gasteiger partial charge on any atom is -0.481 e. The molecule has 2 saturated carbocycles. The number of nitrogens with zero attached hydrogens (tertiary/aromatic N) is 3. The Hall–Kier alpha value is -1.04. The van der Waals surface area contributed by atoms with Crippen molar-refractivity contribution in [1.29, 1.82) is 0 Å². The van der Waals surface area contributed by atoms with Gasteiger partial charge in [0.1, 0.15) is 5.82 Å². The van der Waals surface area contributed by atoms with Gasteiger partial charge >= 0.3 is 5.97 Å². The number of thioether (sulfide) groups is 1. The van der Waals surface area contributed by atoms with E-state index in [4.69, 9.17) is 5.11 Å². The van der Waals surface area contributed by atoms with Crippen LogP contribution >= 0.6 is 11.8 Å². The molecule has 6 heteroatoms. The molecule has 1 N–H and O–H groups in total. The average molecular weight is 295 g/mol. The second-order valence-corrected chi connectivity index (χ2v) is 6.92. The summed E-state index contributed by atoms with van der Waals surface area (Å²) in [5, 5.41) is 18.0. The van der Waals surface area contributed by atoms with Crippen LogP contribution in [-0.2, 0) is 17.8 Å². The molecule has 0 spiro atoms. The maximum atomic E-state index is 10.7. The molecule has 0 aromatic carbocycles. The number of fused-ring (bicyclic) bond motifs is 2. The summed E-state index contributed by atoms with van der Waals surface area (Å²) < 4.78 is 2.17. The van der Waals surface area contributed by atoms with Crippen molar-refractivity contribution in [3.63, 3.8) is 0 Å². The van der Waals surface area contributed by atoms with Gasteiger partial charge in [-0.25, -0.2) is 0 Å². The molecule has 3 unspecified atom stereocenters. The molecule has 0 amide bonds. The van der Waals surface area contributed by atoms with Crippen molar-refractivity contribution in [1.82, 2.24) is 14.8 Å². The molecule has 5 nitrogen and oxygen atoms in total. The van der Waals surface area contributed by atoms with Gasteiger partial charge in [0.15, 0.2) is 5.16 Å². The van der Waals surface area contributed by atoms with Crippen molar-refractivity contribution < 1.29 is 9.90 Å². The van der Waals surface area contributed by atoms with Gasteiger partial charge in [-0.05, 0) is 37.0 Å². The van der Waals surface area contributed by atoms with E-state index in [2.05, 4.69) is 21.7 Å². The number of hydrogen-bond donors (Lipinski definition) is 1. The Morgan fingerprint density at radius 2 is 2.25 bits per heavy atom. The number of aliphatic carboxylic acids is 1. The normalized spacial score (nSPS) is 28.1. The first kappa shape index (κ1) is 13.9. The highest BCUT2D eigenvalue weighted by Crippen LogP contribution is 2.49. The van der Waals surface area contributed by atoms with Gasteiger partial charge in [-0.1, -0.05) is 25.1 Å². The zero-order valence-corrected chi connectivity index (χ0v) is 12.6. The molecule has 0 aliphatic heterocycles. The summed E-state index contributed by atoms with van der Waals surface area (Å²) in [6.07, 6.45) is 6.35. The third-order valence-corrected chi connectivity index (χ3v) is 5.69. The Labute approximate surface area is 123 Å². The second kappa shape index (κ2) is 5.76. The maximum Gasteiger partial charge on any atom is 0.313 e. The van der Waals surface area contributed by atoms with E-state index in [1.165, 1.54) is 37.4 Å². The quantitative estimate of drug-likeness (QED) is 0.816. The molecule has 2 fully saturated rings. The number of hydrogen-bond acceptors (Lipinski definition) is 4. The Balaban J connectivity index is 1.73. The summed E-state index contributed by atoms with van der Waals surface area (Å²) >= 11 is 1.28. The van der Waals surface area contributed by atoms with E-state index < -0.39 is 5.97 Å². The zero-order chi connectivity index (χ0) is 14.1. The minimum absolute atomic E-state index is 0.0541. The molecular weight excluding hydrogens is 274 g/mol. The van der Waals surface area contributed by atoms with Crippen LogP contribution in [0.15, 0.2) is 5.16 Å². The highest BCUT2D eigenvalue weighted by molar-refractivity contribution is 7.99. The topological polar surface area (TPSA) is 68.0 Å². The molecule has 1 aromatic heterocycles. The number of aromatic nitrogens is 3. The summed E-state index contributed by atoms with van der Waals surface area (Å²) in [4.78, 5) is 10.7. The minimum atomic E-state index is -0.803. The molecule has 0 saturated heterocycles. The van der Waals surface area contributed by atoms with Crippen molar-refractivity contribution in [3.8, 4) is 0 Å². The predicted octanol–water partition coefficient (Wildman–Crippen LogP) is 2.45. The molecule has 20 heavy (non-hydrogen) atoms. The Kier molecular flexibility index (Phi) is 4.01. The number of aryl methyl sites for hydroxylation is 1. The van der Waals surface area contributed by atoms with Crippen LogP contribution in [0.25, 0.3) is 0 Å². The Bertz CT molecular complexity index is 503. The van der Waals surface area contributed by atoms with E-state index in [9.17, 15) is 4.79 Å². The molecule has 2 aliphatic carbocycles. The monoisotopic (exact) mass is 295 g/mol. The summed E-state index contributed by atoms with van der Waals surface area (Å²) in [6.45, 7) is 3.05. The highest BCUT2D eigenvalue weighted by Gasteiger charge is 2.39. The Morgan fingerprint density at radius 1 is 1.40 bits per heavy atom. The Morgan fingerprint density at radius 3 is 2.85 bits per heavy atom. The summed E-state index contributed by atoms with van der Waals surface area (Å²) in [5.74, 6) is 2.77. The van der Waals surface area contributed by atoms with Crippen LogP contribution in [0.2, 0.25) is 0 Å². The van der Waals surface area contributed by atoms with E-state index in [0.717, 1.165) is 41.7 Å². The van der Waals surface area contributed by atoms with E-state index in [1.54, 1.807) is 0 Å². The first-order valence-electron chi connectivity index (χ1n) is 7.44. The van der Waals surface area contributed by atoms with Crippen LogP contribution < -0.4 is 0 Å². The summed E-state index contributed by atoms with van der Waals surface area (Å²) in [7, 11) is 0. The van der Waals surface area contributed by atoms with Gasteiger partial charge in [0, 0.05) is 13.0 Å². The number of carbonyl (C=O) groups is 1. The lowest BCUT2D eigenvalue weighted by Gasteiger charge is -2.23. The van der Waals surface area contributed by atoms with E-state index >= 15 is 0 Å². The van der Waals surface area contributed by atoms with Crippen LogP contribution in [0.4, 0.5) is 0 Å². The van der Waals surface area contributed by atoms with Crippen molar-refractivity contribution in [2.75, 3.05) is 5.75 Å². The SMILES string of the molecule is CCc1nnc(SCC(=O)O)n1CC1CC2CCC1C2. The van der Waals surface area contributed by atoms with Gasteiger partial charge in [0.25, 0.3) is 0 Å². The van der Waals surface area contributed by atoms with E-state index in [1.807, 2.05) is 0 Å². The van der Waals surface area contributed by atoms with Gasteiger partial charge in [-0.3, -0.25) is 4.79 Å². The molecule has 2 bridgehead atoms. The van der Waals surface area contributed by atoms with E-state index in [0.29, 0.717) is 0 Å². The van der Waals surface area contributed by atoms with Crippen LogP contribution in [0, 0.1) is 17.8 Å². The molecule has 3 atom stereocenters. The molecule has 2 aliphatic rings. The molecule has 110 valence electrons. The molecule has 1 heterocycles. The van der Waals surface area contributed by atoms with Gasteiger partial charge in [-0.2, -0.15) is 0 Å². The van der Waals surface area contributed by atoms with Crippen molar-refractivity contribution in [2.24, 2.45) is 17.8 Å².